The maximum Gasteiger partial charge on any atom is 0.136 e. The second kappa shape index (κ2) is 5.87. The lowest BCUT2D eigenvalue weighted by Crippen LogP contribution is -2.22. The quantitative estimate of drug-likeness (QED) is 0.800. The predicted octanol–water partition coefficient (Wildman–Crippen LogP) is 1.86. The van der Waals surface area contributed by atoms with E-state index in [9.17, 15) is 4.79 Å². The lowest BCUT2D eigenvalue weighted by Gasteiger charge is -2.18. The molecule has 88 valence electrons. The van der Waals surface area contributed by atoms with Crippen LogP contribution < -0.4 is 10.6 Å². The van der Waals surface area contributed by atoms with E-state index in [4.69, 9.17) is 17.3 Å². The molecule has 0 bridgehead atoms. The number of benzene rings is 1. The van der Waals surface area contributed by atoms with Gasteiger partial charge in [0.2, 0.25) is 0 Å². The average molecular weight is 241 g/mol. The molecule has 0 heterocycles. The molecule has 1 rings (SSSR count). The highest BCUT2D eigenvalue weighted by atomic mass is 35.5. The fourth-order valence-electron chi connectivity index (χ4n) is 1.58. The monoisotopic (exact) mass is 240 g/mol. The van der Waals surface area contributed by atoms with E-state index in [2.05, 4.69) is 0 Å². The van der Waals surface area contributed by atoms with Gasteiger partial charge >= 0.3 is 0 Å². The number of carbonyl (C=O) groups excluding carboxylic acids is 1. The van der Waals surface area contributed by atoms with Crippen LogP contribution in [0.3, 0.4) is 0 Å². The summed E-state index contributed by atoms with van der Waals surface area (Å²) in [5.74, 6) is 0. The van der Waals surface area contributed by atoms with Crippen LogP contribution in [0.1, 0.15) is 12.0 Å². The highest BCUT2D eigenvalue weighted by Crippen LogP contribution is 2.24. The summed E-state index contributed by atoms with van der Waals surface area (Å²) in [5, 5.41) is 0.709. The van der Waals surface area contributed by atoms with Crippen LogP contribution in [0.15, 0.2) is 18.2 Å². The van der Waals surface area contributed by atoms with Crippen molar-refractivity contribution in [3.63, 3.8) is 0 Å². The van der Waals surface area contributed by atoms with Crippen molar-refractivity contribution in [1.29, 1.82) is 0 Å². The SMILES string of the molecule is CN(C)c1ccc(Cl)cc1CC[C@H](N)C=O. The van der Waals surface area contributed by atoms with Crippen molar-refractivity contribution in [1.82, 2.24) is 0 Å². The molecule has 2 N–H and O–H groups in total. The number of hydrogen-bond donors (Lipinski definition) is 1. The zero-order valence-electron chi connectivity index (χ0n) is 9.61. The standard InChI is InChI=1S/C12H17ClN2O/c1-15(2)12-6-4-10(13)7-9(12)3-5-11(14)8-16/h4,6-8,11H,3,5,14H2,1-2H3/t11-/m0/s1. The van der Waals surface area contributed by atoms with Gasteiger partial charge in [-0.15, -0.1) is 0 Å². The van der Waals surface area contributed by atoms with Gasteiger partial charge in [-0.3, -0.25) is 0 Å². The average Bonchev–Trinajstić information content (AvgIpc) is 2.25. The minimum absolute atomic E-state index is 0.394. The Kier molecular flexibility index (Phi) is 4.77. The molecule has 1 aromatic rings. The van der Waals surface area contributed by atoms with E-state index in [0.29, 0.717) is 11.4 Å². The van der Waals surface area contributed by atoms with Crippen LogP contribution in [-0.4, -0.2) is 26.4 Å². The number of rotatable bonds is 5. The third-order valence-corrected chi connectivity index (χ3v) is 2.68. The molecule has 0 fully saturated rings. The molecule has 4 heteroatoms. The molecule has 0 saturated carbocycles. The second-order valence-corrected chi connectivity index (χ2v) is 4.44. The van der Waals surface area contributed by atoms with Gasteiger partial charge in [-0.2, -0.15) is 0 Å². The van der Waals surface area contributed by atoms with Crippen molar-refractivity contribution in [2.24, 2.45) is 5.73 Å². The highest BCUT2D eigenvalue weighted by molar-refractivity contribution is 6.30. The number of nitrogens with zero attached hydrogens (tertiary/aromatic N) is 1. The molecule has 0 aliphatic carbocycles. The van der Waals surface area contributed by atoms with Crippen LogP contribution in [0.4, 0.5) is 5.69 Å². The summed E-state index contributed by atoms with van der Waals surface area (Å²) in [4.78, 5) is 12.5. The third kappa shape index (κ3) is 3.51. The van der Waals surface area contributed by atoms with E-state index < -0.39 is 6.04 Å². The number of nitrogens with two attached hydrogens (primary N) is 1. The molecule has 0 saturated heterocycles. The van der Waals surface area contributed by atoms with Crippen LogP contribution in [0.5, 0.6) is 0 Å². The zero-order valence-corrected chi connectivity index (χ0v) is 10.4. The molecule has 16 heavy (non-hydrogen) atoms. The first kappa shape index (κ1) is 13.0. The Labute approximate surface area is 101 Å². The summed E-state index contributed by atoms with van der Waals surface area (Å²) in [6.45, 7) is 0. The van der Waals surface area contributed by atoms with Crippen LogP contribution in [0, 0.1) is 0 Å². The summed E-state index contributed by atoms with van der Waals surface area (Å²) < 4.78 is 0. The molecule has 0 radical (unpaired) electrons. The van der Waals surface area contributed by atoms with Crippen LogP contribution >= 0.6 is 11.6 Å². The Morgan fingerprint density at radius 3 is 2.75 bits per heavy atom. The van der Waals surface area contributed by atoms with Gasteiger partial charge in [0.1, 0.15) is 6.29 Å². The molecule has 0 spiro atoms. The lowest BCUT2D eigenvalue weighted by atomic mass is 10.0. The van der Waals surface area contributed by atoms with Gasteiger partial charge in [0.05, 0.1) is 6.04 Å². The molecular weight excluding hydrogens is 224 g/mol. The normalized spacial score (nSPS) is 12.2. The number of halogens is 1. The number of carbonyl (C=O) groups is 1. The molecular formula is C12H17ClN2O. The maximum absolute atomic E-state index is 10.5. The van der Waals surface area contributed by atoms with Gasteiger partial charge in [0.25, 0.3) is 0 Å². The summed E-state index contributed by atoms with van der Waals surface area (Å²) >= 11 is 5.95. The smallest absolute Gasteiger partial charge is 0.136 e. The van der Waals surface area contributed by atoms with E-state index in [1.165, 1.54) is 0 Å². The van der Waals surface area contributed by atoms with Gasteiger partial charge in [-0.05, 0) is 36.6 Å². The fourth-order valence-corrected chi connectivity index (χ4v) is 1.78. The first-order valence-electron chi connectivity index (χ1n) is 5.21. The first-order chi connectivity index (χ1) is 7.54. The van der Waals surface area contributed by atoms with Crippen molar-refractivity contribution in [2.75, 3.05) is 19.0 Å². The van der Waals surface area contributed by atoms with E-state index >= 15 is 0 Å². The van der Waals surface area contributed by atoms with E-state index in [1.54, 1.807) is 0 Å². The Morgan fingerprint density at radius 1 is 1.50 bits per heavy atom. The minimum Gasteiger partial charge on any atom is -0.377 e. The predicted molar refractivity (Wildman–Crippen MR) is 68.1 cm³/mol. The van der Waals surface area contributed by atoms with Gasteiger partial charge in [-0.25, -0.2) is 0 Å². The van der Waals surface area contributed by atoms with Crippen molar-refractivity contribution in [3.05, 3.63) is 28.8 Å². The fraction of sp³-hybridized carbons (Fsp3) is 0.417. The van der Waals surface area contributed by atoms with Gasteiger partial charge < -0.3 is 15.4 Å². The highest BCUT2D eigenvalue weighted by Gasteiger charge is 2.07. The zero-order chi connectivity index (χ0) is 12.1. The Balaban J connectivity index is 2.83. The number of aldehydes is 1. The molecule has 3 nitrogen and oxygen atoms in total. The molecule has 0 amide bonds. The van der Waals surface area contributed by atoms with Crippen molar-refractivity contribution < 1.29 is 4.79 Å². The Bertz CT molecular complexity index is 366. The lowest BCUT2D eigenvalue weighted by molar-refractivity contribution is -0.109. The van der Waals surface area contributed by atoms with Crippen LogP contribution in [-0.2, 0) is 11.2 Å². The first-order valence-corrected chi connectivity index (χ1v) is 5.59. The molecule has 0 aliphatic rings. The summed E-state index contributed by atoms with van der Waals surface area (Å²) in [7, 11) is 3.96. The third-order valence-electron chi connectivity index (χ3n) is 2.45. The molecule has 1 aromatic carbocycles. The largest absolute Gasteiger partial charge is 0.377 e. The van der Waals surface area contributed by atoms with Crippen molar-refractivity contribution in [2.45, 2.75) is 18.9 Å². The van der Waals surface area contributed by atoms with Crippen LogP contribution in [0.25, 0.3) is 0 Å². The van der Waals surface area contributed by atoms with Gasteiger partial charge in [0.15, 0.2) is 0 Å². The minimum atomic E-state index is -0.394. The number of anilines is 1. The maximum atomic E-state index is 10.5. The van der Waals surface area contributed by atoms with E-state index in [1.807, 2.05) is 37.2 Å². The summed E-state index contributed by atoms with van der Waals surface area (Å²) in [6.07, 6.45) is 2.18. The van der Waals surface area contributed by atoms with Crippen molar-refractivity contribution >= 4 is 23.6 Å². The molecule has 1 atom stereocenters. The van der Waals surface area contributed by atoms with E-state index in [-0.39, 0.29) is 0 Å². The van der Waals surface area contributed by atoms with Gasteiger partial charge in [-0.1, -0.05) is 11.6 Å². The summed E-state index contributed by atoms with van der Waals surface area (Å²) in [5.41, 5.74) is 7.80. The molecule has 0 unspecified atom stereocenters. The topological polar surface area (TPSA) is 46.3 Å². The van der Waals surface area contributed by atoms with E-state index in [0.717, 1.165) is 24.0 Å². The Hall–Kier alpha value is -1.06. The number of hydrogen-bond acceptors (Lipinski definition) is 3. The second-order valence-electron chi connectivity index (χ2n) is 4.01. The molecule has 0 aliphatic heterocycles. The van der Waals surface area contributed by atoms with Crippen LogP contribution in [0.2, 0.25) is 5.02 Å². The Morgan fingerprint density at radius 2 is 2.19 bits per heavy atom. The van der Waals surface area contributed by atoms with Gasteiger partial charge in [0, 0.05) is 24.8 Å². The summed E-state index contributed by atoms with van der Waals surface area (Å²) in [6, 6.07) is 5.37. The number of aryl methyl sites for hydroxylation is 1. The molecule has 0 aromatic heterocycles. The van der Waals surface area contributed by atoms with Crippen molar-refractivity contribution in [3.8, 4) is 0 Å².